The summed E-state index contributed by atoms with van der Waals surface area (Å²) in [7, 11) is 4.96. The van der Waals surface area contributed by atoms with Gasteiger partial charge in [-0.1, -0.05) is 0 Å². The van der Waals surface area contributed by atoms with E-state index in [1.54, 1.807) is 0 Å². The maximum atomic E-state index is 3.18. The summed E-state index contributed by atoms with van der Waals surface area (Å²) in [6, 6.07) is 0. The van der Waals surface area contributed by atoms with Crippen LogP contribution in [0.4, 0.5) is 0 Å². The molecule has 0 aromatic heterocycles. The predicted octanol–water partition coefficient (Wildman–Crippen LogP) is -2.38. The minimum Gasteiger partial charge on any atom is -0.343 e. The lowest BCUT2D eigenvalue weighted by molar-refractivity contribution is 0.492. The highest BCUT2D eigenvalue weighted by Crippen LogP contribution is 1.65. The summed E-state index contributed by atoms with van der Waals surface area (Å²) >= 11 is 0. The van der Waals surface area contributed by atoms with E-state index in [0.717, 1.165) is 16.9 Å². The van der Waals surface area contributed by atoms with Crippen LogP contribution in [-0.4, -0.2) is 37.2 Å². The molecule has 0 heterocycles. The Hall–Kier alpha value is 0.0969. The summed E-state index contributed by atoms with van der Waals surface area (Å²) in [5, 5.41) is 6.20. The van der Waals surface area contributed by atoms with Gasteiger partial charge in [0.1, 0.15) is 0 Å². The van der Waals surface area contributed by atoms with Gasteiger partial charge in [-0.05, 0) is 14.1 Å². The highest BCUT2D eigenvalue weighted by Gasteiger charge is 1.95. The summed E-state index contributed by atoms with van der Waals surface area (Å²) in [5.41, 5.74) is 0. The lowest BCUT2D eigenvalue weighted by Crippen LogP contribution is -2.45. The van der Waals surface area contributed by atoms with Crippen molar-refractivity contribution in [2.45, 2.75) is 6.17 Å². The van der Waals surface area contributed by atoms with Gasteiger partial charge in [-0.2, -0.15) is 0 Å². The van der Waals surface area contributed by atoms with Crippen LogP contribution < -0.4 is 15.6 Å². The molecule has 0 amide bonds. The molecule has 0 saturated carbocycles. The van der Waals surface area contributed by atoms with Gasteiger partial charge in [-0.25, -0.2) is 0 Å². The minimum absolute atomic E-state index is 0.424. The second-order valence-corrected chi connectivity index (χ2v) is 2.39. The molecule has 0 radical (unpaired) electrons. The zero-order valence-corrected chi connectivity index (χ0v) is 7.78. The molecule has 0 unspecified atom stereocenters. The average Bonchev–Trinajstić information content (AvgIpc) is 1.83. The van der Waals surface area contributed by atoms with Gasteiger partial charge in [0.15, 0.2) is 0 Å². The van der Waals surface area contributed by atoms with E-state index in [9.17, 15) is 0 Å². The fourth-order valence-electron chi connectivity index (χ4n) is 0.553. The van der Waals surface area contributed by atoms with E-state index in [4.69, 9.17) is 0 Å². The second-order valence-electron chi connectivity index (χ2n) is 1.69. The molecular weight excluding hydrogens is 118 g/mol. The van der Waals surface area contributed by atoms with Crippen molar-refractivity contribution in [3.63, 3.8) is 0 Å². The number of hydrogen-bond donors (Lipinski definition) is 3. The van der Waals surface area contributed by atoms with E-state index in [1.165, 1.54) is 0 Å². The van der Waals surface area contributed by atoms with E-state index < -0.39 is 0 Å². The Morgan fingerprint density at radius 1 is 1.38 bits per heavy atom. The highest BCUT2D eigenvalue weighted by molar-refractivity contribution is 6.04. The fourth-order valence-corrected chi connectivity index (χ4v) is 0.961. The molecule has 0 rings (SSSR count). The quantitative estimate of drug-likeness (QED) is 0.296. The Morgan fingerprint density at radius 3 is 2.00 bits per heavy atom. The number of rotatable bonds is 4. The van der Waals surface area contributed by atoms with Crippen molar-refractivity contribution >= 4 is 10.4 Å². The third kappa shape index (κ3) is 3.14. The van der Waals surface area contributed by atoms with E-state index in [1.807, 2.05) is 14.1 Å². The standard InChI is InChI=1S/C4H15N3Si/c1-5-4(6-2)3-7-8/h4-7H,3H2,1-2,8H3. The Labute approximate surface area is 53.7 Å². The van der Waals surface area contributed by atoms with Gasteiger partial charge in [0.25, 0.3) is 0 Å². The van der Waals surface area contributed by atoms with Crippen LogP contribution in [-0.2, 0) is 0 Å². The number of nitrogens with one attached hydrogen (secondary N) is 3. The first-order chi connectivity index (χ1) is 3.85. The van der Waals surface area contributed by atoms with Crippen LogP contribution in [0.3, 0.4) is 0 Å². The van der Waals surface area contributed by atoms with E-state index in [-0.39, 0.29) is 0 Å². The van der Waals surface area contributed by atoms with Crippen molar-refractivity contribution in [3.05, 3.63) is 0 Å². The molecule has 0 aromatic carbocycles. The van der Waals surface area contributed by atoms with Crippen LogP contribution in [0.5, 0.6) is 0 Å². The fraction of sp³-hybridized carbons (Fsp3) is 1.00. The molecule has 50 valence electrons. The van der Waals surface area contributed by atoms with Crippen LogP contribution >= 0.6 is 0 Å². The SMILES string of the molecule is CNC(CN[SiH3])NC. The number of likely N-dealkylation sites (N-methyl/N-ethyl adjacent to an activating group) is 2. The average molecular weight is 133 g/mol. The van der Waals surface area contributed by atoms with Crippen molar-refractivity contribution in [1.29, 1.82) is 0 Å². The normalized spacial score (nSPS) is 10.9. The summed E-state index contributed by atoms with van der Waals surface area (Å²) in [6.07, 6.45) is 0.424. The van der Waals surface area contributed by atoms with Gasteiger partial charge in [-0.3, -0.25) is 0 Å². The smallest absolute Gasteiger partial charge is 0.0750 e. The van der Waals surface area contributed by atoms with Crippen LogP contribution in [0.25, 0.3) is 0 Å². The van der Waals surface area contributed by atoms with E-state index in [2.05, 4.69) is 15.6 Å². The monoisotopic (exact) mass is 133 g/mol. The number of hydrogen-bond acceptors (Lipinski definition) is 3. The topological polar surface area (TPSA) is 36.1 Å². The van der Waals surface area contributed by atoms with Gasteiger partial charge in [0, 0.05) is 6.54 Å². The van der Waals surface area contributed by atoms with Gasteiger partial charge in [0.05, 0.1) is 16.6 Å². The second kappa shape index (κ2) is 5.24. The Balaban J connectivity index is 3.07. The van der Waals surface area contributed by atoms with Gasteiger partial charge < -0.3 is 15.6 Å². The van der Waals surface area contributed by atoms with Crippen LogP contribution in [0.1, 0.15) is 0 Å². The van der Waals surface area contributed by atoms with E-state index in [0.29, 0.717) is 6.17 Å². The summed E-state index contributed by atoms with van der Waals surface area (Å²) in [5.74, 6) is 0. The van der Waals surface area contributed by atoms with Crippen molar-refractivity contribution < 1.29 is 0 Å². The molecule has 0 atom stereocenters. The molecule has 4 heteroatoms. The van der Waals surface area contributed by atoms with Crippen LogP contribution in [0, 0.1) is 0 Å². The molecule has 0 spiro atoms. The minimum atomic E-state index is 0.424. The molecular formula is C4H15N3Si. The molecule has 8 heavy (non-hydrogen) atoms. The van der Waals surface area contributed by atoms with Gasteiger partial charge in [-0.15, -0.1) is 0 Å². The van der Waals surface area contributed by atoms with Gasteiger partial charge in [0.2, 0.25) is 0 Å². The van der Waals surface area contributed by atoms with Crippen LogP contribution in [0.2, 0.25) is 0 Å². The Morgan fingerprint density at radius 2 is 1.88 bits per heavy atom. The van der Waals surface area contributed by atoms with Crippen molar-refractivity contribution in [2.75, 3.05) is 20.6 Å². The summed E-state index contributed by atoms with van der Waals surface area (Å²) < 4.78 is 0. The zero-order valence-electron chi connectivity index (χ0n) is 5.78. The van der Waals surface area contributed by atoms with Crippen LogP contribution in [0.15, 0.2) is 0 Å². The molecule has 0 saturated heterocycles. The first kappa shape index (κ1) is 8.10. The van der Waals surface area contributed by atoms with Crippen molar-refractivity contribution in [2.24, 2.45) is 0 Å². The third-order valence-corrected chi connectivity index (χ3v) is 1.51. The first-order valence-electron chi connectivity index (χ1n) is 2.84. The predicted molar refractivity (Wildman–Crippen MR) is 39.8 cm³/mol. The largest absolute Gasteiger partial charge is 0.343 e. The zero-order chi connectivity index (χ0) is 6.41. The molecule has 0 bridgehead atoms. The molecule has 3 nitrogen and oxygen atoms in total. The van der Waals surface area contributed by atoms with Crippen molar-refractivity contribution in [3.8, 4) is 0 Å². The van der Waals surface area contributed by atoms with E-state index >= 15 is 0 Å². The maximum Gasteiger partial charge on any atom is 0.0750 e. The Kier molecular flexibility index (Phi) is 5.30. The lowest BCUT2D eigenvalue weighted by Gasteiger charge is -2.13. The Bertz CT molecular complexity index is 46.5. The summed E-state index contributed by atoms with van der Waals surface area (Å²) in [4.78, 5) is 3.18. The highest BCUT2D eigenvalue weighted by atomic mass is 28.2. The molecule has 3 N–H and O–H groups in total. The first-order valence-corrected chi connectivity index (χ1v) is 3.84. The third-order valence-electron chi connectivity index (χ3n) is 1.11. The molecule has 0 aliphatic heterocycles. The molecule has 0 aliphatic carbocycles. The van der Waals surface area contributed by atoms with Crippen molar-refractivity contribution in [1.82, 2.24) is 15.6 Å². The molecule has 0 aliphatic rings. The van der Waals surface area contributed by atoms with Gasteiger partial charge >= 0.3 is 0 Å². The molecule has 0 fully saturated rings. The molecule has 0 aromatic rings. The maximum absolute atomic E-state index is 3.18. The summed E-state index contributed by atoms with van der Waals surface area (Å²) in [6.45, 7) is 1.01. The lowest BCUT2D eigenvalue weighted by atomic mass is 10.5.